The Morgan fingerprint density at radius 3 is 2.50 bits per heavy atom. The highest BCUT2D eigenvalue weighted by Gasteiger charge is 2.33. The van der Waals surface area contributed by atoms with Gasteiger partial charge < -0.3 is 9.47 Å². The number of nitrogens with zero attached hydrogens (tertiary/aromatic N) is 3. The number of hydrogen-bond donors (Lipinski definition) is 0. The van der Waals surface area contributed by atoms with E-state index in [-0.39, 0.29) is 16.8 Å². The summed E-state index contributed by atoms with van der Waals surface area (Å²) in [5.74, 6) is 0.698. The van der Waals surface area contributed by atoms with Crippen LogP contribution in [0.4, 0.5) is 5.69 Å². The number of imidazole rings is 1. The Morgan fingerprint density at radius 2 is 1.82 bits per heavy atom. The first-order valence-corrected chi connectivity index (χ1v) is 11.0. The van der Waals surface area contributed by atoms with Gasteiger partial charge in [0.25, 0.3) is 0 Å². The Hall–Kier alpha value is -2.64. The zero-order valence-electron chi connectivity index (χ0n) is 15.1. The SMILES string of the molecule is CS(=O)(=O)c1ccc(-c2nccn2C2CC(=O)N(c3ccccc3Cl)C2)cc1. The maximum atomic E-state index is 12.6. The highest BCUT2D eigenvalue weighted by atomic mass is 35.5. The van der Waals surface area contributed by atoms with Crippen LogP contribution in [0.2, 0.25) is 5.02 Å². The van der Waals surface area contributed by atoms with Crippen molar-refractivity contribution in [1.29, 1.82) is 0 Å². The van der Waals surface area contributed by atoms with Crippen LogP contribution in [-0.4, -0.2) is 36.7 Å². The number of halogens is 1. The number of benzene rings is 2. The summed E-state index contributed by atoms with van der Waals surface area (Å²) < 4.78 is 25.3. The lowest BCUT2D eigenvalue weighted by atomic mass is 10.2. The van der Waals surface area contributed by atoms with Crippen molar-refractivity contribution in [1.82, 2.24) is 9.55 Å². The van der Waals surface area contributed by atoms with Gasteiger partial charge in [0.15, 0.2) is 9.84 Å². The first-order valence-electron chi connectivity index (χ1n) is 8.73. The largest absolute Gasteiger partial charge is 0.326 e. The summed E-state index contributed by atoms with van der Waals surface area (Å²) in [6.07, 6.45) is 5.04. The average Bonchev–Trinajstić information content (AvgIpc) is 3.28. The van der Waals surface area contributed by atoms with Gasteiger partial charge in [-0.1, -0.05) is 23.7 Å². The van der Waals surface area contributed by atoms with Crippen LogP contribution >= 0.6 is 11.6 Å². The van der Waals surface area contributed by atoms with Crippen LogP contribution < -0.4 is 4.90 Å². The smallest absolute Gasteiger partial charge is 0.229 e. The van der Waals surface area contributed by atoms with E-state index >= 15 is 0 Å². The van der Waals surface area contributed by atoms with Gasteiger partial charge in [0.1, 0.15) is 5.82 Å². The van der Waals surface area contributed by atoms with Crippen molar-refractivity contribution >= 4 is 33.0 Å². The van der Waals surface area contributed by atoms with E-state index in [2.05, 4.69) is 4.98 Å². The van der Waals surface area contributed by atoms with E-state index in [0.29, 0.717) is 29.5 Å². The number of carbonyl (C=O) groups is 1. The molecule has 8 heteroatoms. The van der Waals surface area contributed by atoms with Crippen molar-refractivity contribution in [3.63, 3.8) is 0 Å². The zero-order chi connectivity index (χ0) is 19.9. The molecule has 1 fully saturated rings. The van der Waals surface area contributed by atoms with Gasteiger partial charge in [0, 0.05) is 37.2 Å². The number of anilines is 1. The molecule has 3 aromatic rings. The number of aromatic nitrogens is 2. The number of carbonyl (C=O) groups excluding carboxylic acids is 1. The molecule has 28 heavy (non-hydrogen) atoms. The van der Waals surface area contributed by atoms with Crippen LogP contribution in [0.1, 0.15) is 12.5 Å². The minimum atomic E-state index is -3.25. The number of para-hydroxylation sites is 1. The second kappa shape index (κ2) is 7.07. The number of rotatable bonds is 4. The molecule has 144 valence electrons. The van der Waals surface area contributed by atoms with E-state index in [1.54, 1.807) is 41.4 Å². The summed E-state index contributed by atoms with van der Waals surface area (Å²) in [6, 6.07) is 13.8. The summed E-state index contributed by atoms with van der Waals surface area (Å²) in [7, 11) is -3.25. The van der Waals surface area contributed by atoms with Gasteiger partial charge in [0.05, 0.1) is 21.6 Å². The number of sulfone groups is 1. The maximum Gasteiger partial charge on any atom is 0.229 e. The zero-order valence-corrected chi connectivity index (χ0v) is 16.7. The predicted octanol–water partition coefficient (Wildman–Crippen LogP) is 3.59. The molecule has 1 saturated heterocycles. The van der Waals surface area contributed by atoms with Crippen molar-refractivity contribution in [2.75, 3.05) is 17.7 Å². The quantitative estimate of drug-likeness (QED) is 0.652. The molecule has 1 unspecified atom stereocenters. The molecule has 0 radical (unpaired) electrons. The topological polar surface area (TPSA) is 72.3 Å². The molecule has 0 aliphatic carbocycles. The van der Waals surface area contributed by atoms with Crippen molar-refractivity contribution in [2.24, 2.45) is 0 Å². The standard InChI is InChI=1S/C20H18ClN3O3S/c1-28(26,27)16-8-6-14(7-9-16)20-22-10-11-23(20)15-12-19(25)24(13-15)18-5-3-2-4-17(18)21/h2-11,15H,12-13H2,1H3. The lowest BCUT2D eigenvalue weighted by Gasteiger charge is -2.19. The molecule has 1 aliphatic heterocycles. The van der Waals surface area contributed by atoms with Crippen molar-refractivity contribution < 1.29 is 13.2 Å². The fourth-order valence-corrected chi connectivity index (χ4v) is 4.33. The monoisotopic (exact) mass is 415 g/mol. The molecule has 1 amide bonds. The van der Waals surface area contributed by atoms with Gasteiger partial charge in [0.2, 0.25) is 5.91 Å². The minimum absolute atomic E-state index is 0.00479. The van der Waals surface area contributed by atoms with Gasteiger partial charge in [-0.05, 0) is 36.4 Å². The number of amides is 1. The average molecular weight is 416 g/mol. The molecule has 0 spiro atoms. The molecule has 1 aliphatic rings. The van der Waals surface area contributed by atoms with Gasteiger partial charge in [-0.2, -0.15) is 0 Å². The Bertz CT molecular complexity index is 1140. The molecule has 1 atom stereocenters. The van der Waals surface area contributed by atoms with Crippen LogP contribution in [0, 0.1) is 0 Å². The third-order valence-electron chi connectivity index (χ3n) is 4.85. The first-order chi connectivity index (χ1) is 13.3. The normalized spacial score (nSPS) is 17.3. The molecule has 0 saturated carbocycles. The van der Waals surface area contributed by atoms with Gasteiger partial charge >= 0.3 is 0 Å². The second-order valence-electron chi connectivity index (χ2n) is 6.77. The molecular weight excluding hydrogens is 398 g/mol. The van der Waals surface area contributed by atoms with E-state index in [1.165, 1.54) is 6.26 Å². The summed E-state index contributed by atoms with van der Waals surface area (Å²) in [6.45, 7) is 0.493. The van der Waals surface area contributed by atoms with Crippen LogP contribution in [-0.2, 0) is 14.6 Å². The molecule has 2 heterocycles. The Kier molecular flexibility index (Phi) is 4.72. The molecule has 6 nitrogen and oxygen atoms in total. The Labute approximate surface area is 168 Å². The molecule has 0 N–H and O–H groups in total. The van der Waals surface area contributed by atoms with Crippen LogP contribution in [0.3, 0.4) is 0 Å². The van der Waals surface area contributed by atoms with Crippen molar-refractivity contribution in [3.05, 3.63) is 65.9 Å². The third kappa shape index (κ3) is 3.43. The summed E-state index contributed by atoms with van der Waals surface area (Å²) in [5, 5.41) is 0.540. The van der Waals surface area contributed by atoms with E-state index < -0.39 is 9.84 Å². The van der Waals surface area contributed by atoms with E-state index in [0.717, 1.165) is 5.56 Å². The Balaban J connectivity index is 1.63. The fourth-order valence-electron chi connectivity index (χ4n) is 3.46. The highest BCUT2D eigenvalue weighted by molar-refractivity contribution is 7.90. The molecular formula is C20H18ClN3O3S. The first kappa shape index (κ1) is 18.7. The summed E-state index contributed by atoms with van der Waals surface area (Å²) in [5.41, 5.74) is 1.50. The predicted molar refractivity (Wildman–Crippen MR) is 108 cm³/mol. The lowest BCUT2D eigenvalue weighted by molar-refractivity contribution is -0.117. The molecule has 1 aromatic heterocycles. The van der Waals surface area contributed by atoms with E-state index in [9.17, 15) is 13.2 Å². The van der Waals surface area contributed by atoms with Gasteiger partial charge in [-0.3, -0.25) is 4.79 Å². The number of hydrogen-bond acceptors (Lipinski definition) is 4. The third-order valence-corrected chi connectivity index (χ3v) is 6.30. The van der Waals surface area contributed by atoms with E-state index in [1.807, 2.05) is 29.0 Å². The minimum Gasteiger partial charge on any atom is -0.326 e. The highest BCUT2D eigenvalue weighted by Crippen LogP contribution is 2.34. The molecule has 2 aromatic carbocycles. The molecule has 4 rings (SSSR count). The Morgan fingerprint density at radius 1 is 1.11 bits per heavy atom. The van der Waals surface area contributed by atoms with Crippen LogP contribution in [0.5, 0.6) is 0 Å². The lowest BCUT2D eigenvalue weighted by Crippen LogP contribution is -2.25. The van der Waals surface area contributed by atoms with Gasteiger partial charge in [-0.15, -0.1) is 0 Å². The van der Waals surface area contributed by atoms with Crippen molar-refractivity contribution in [3.8, 4) is 11.4 Å². The maximum absolute atomic E-state index is 12.6. The fraction of sp³-hybridized carbons (Fsp3) is 0.200. The van der Waals surface area contributed by atoms with Crippen molar-refractivity contribution in [2.45, 2.75) is 17.4 Å². The summed E-state index contributed by atoms with van der Waals surface area (Å²) >= 11 is 6.26. The van der Waals surface area contributed by atoms with Crippen LogP contribution in [0.25, 0.3) is 11.4 Å². The van der Waals surface area contributed by atoms with E-state index in [4.69, 9.17) is 11.6 Å². The molecule has 0 bridgehead atoms. The van der Waals surface area contributed by atoms with Gasteiger partial charge in [-0.25, -0.2) is 13.4 Å². The van der Waals surface area contributed by atoms with Crippen LogP contribution in [0.15, 0.2) is 65.8 Å². The second-order valence-corrected chi connectivity index (χ2v) is 9.19. The summed E-state index contributed by atoms with van der Waals surface area (Å²) in [4.78, 5) is 19.0.